The zero-order valence-corrected chi connectivity index (χ0v) is 56.8. The van der Waals surface area contributed by atoms with Gasteiger partial charge in [-0.25, -0.2) is 4.79 Å². The molecule has 11 amide bonds. The number of aliphatic hydroxyl groups excluding tert-OH is 4. The van der Waals surface area contributed by atoms with Crippen LogP contribution in [0.4, 0.5) is 0 Å². The molecule has 0 aliphatic heterocycles. The number of ether oxygens (including phenoxy) is 1. The number of primary amides is 2. The number of benzene rings is 1. The molecule has 0 aliphatic rings. The molecule has 0 radical (unpaired) electrons. The van der Waals surface area contributed by atoms with Gasteiger partial charge in [-0.1, -0.05) is 111 Å². The quantitative estimate of drug-likeness (QED) is 0.00975. The number of guanidine groups is 1. The number of pyridine rings is 1. The lowest BCUT2D eigenvalue weighted by atomic mass is 9.93. The zero-order chi connectivity index (χ0) is 72.2. The molecule has 0 bridgehead atoms. The lowest BCUT2D eigenvalue weighted by Gasteiger charge is -2.30. The molecule has 95 heavy (non-hydrogen) atoms. The molecule has 23 N–H and O–H groups in total. The minimum Gasteiger partial charge on any atom is -0.453 e. The SMILES string of the molecule is CC[C@H](C)[C@H](NC(=O)[C@@H](CCCN=C(N)N)NC(=O)[C@H](CC(C)C)NC(=O)[C@@H](C)[C@H](O)C(C)C)C(=O)N[C@H](C(=O)NCC(=O)N[C@H](C(=O)N[C@@H](CO)C(=O)O[C@H](c1ccccc1)[C@H](NC(=O)[C@H](Cc1cccnc1)NC(=O)[C@H](N)C[Si](C)(C)C)C(N)=O)[C@H](O)C(N)=O)[C@H](C)O. The van der Waals surface area contributed by atoms with Crippen LogP contribution in [0.3, 0.4) is 0 Å². The van der Waals surface area contributed by atoms with E-state index in [0.717, 1.165) is 6.92 Å². The van der Waals surface area contributed by atoms with Crippen LogP contribution >= 0.6 is 0 Å². The fourth-order valence-electron chi connectivity index (χ4n) is 9.51. The van der Waals surface area contributed by atoms with Crippen molar-refractivity contribution in [2.45, 2.75) is 192 Å². The Bertz CT molecular complexity index is 2940. The Hall–Kier alpha value is -8.70. The Morgan fingerprint density at radius 2 is 1.18 bits per heavy atom. The number of hydrogen-bond acceptors (Lipinski definition) is 20. The second-order valence-corrected chi connectivity index (χ2v) is 30.9. The number of carbonyl (C=O) groups is 12. The average molecular weight is 1360 g/mol. The van der Waals surface area contributed by atoms with Gasteiger partial charge in [-0.2, -0.15) is 0 Å². The lowest BCUT2D eigenvalue weighted by Crippen LogP contribution is -2.62. The van der Waals surface area contributed by atoms with Crippen LogP contribution in [0.25, 0.3) is 0 Å². The van der Waals surface area contributed by atoms with E-state index in [-0.39, 0.29) is 62.0 Å². The Balaban J connectivity index is 2.39. The van der Waals surface area contributed by atoms with E-state index >= 15 is 0 Å². The number of rotatable bonds is 41. The Kier molecular flexibility index (Phi) is 34.6. The predicted octanol–water partition coefficient (Wildman–Crippen LogP) is -4.93. The Morgan fingerprint density at radius 1 is 0.621 bits per heavy atom. The molecule has 0 aliphatic carbocycles. The maximum atomic E-state index is 14.2. The van der Waals surface area contributed by atoms with E-state index in [2.05, 4.69) is 47.2 Å². The normalized spacial score (nSPS) is 16.2. The van der Waals surface area contributed by atoms with Crippen molar-refractivity contribution in [1.29, 1.82) is 0 Å². The summed E-state index contributed by atoms with van der Waals surface area (Å²) in [6, 6.07) is -3.88. The number of nitrogens with zero attached hydrogens (tertiary/aromatic N) is 2. The number of amides is 11. The topological polar surface area (TPSA) is 559 Å². The van der Waals surface area contributed by atoms with Crippen molar-refractivity contribution in [2.24, 2.45) is 57.3 Å². The summed E-state index contributed by atoms with van der Waals surface area (Å²) in [4.78, 5) is 172. The predicted molar refractivity (Wildman–Crippen MR) is 350 cm³/mol. The fourth-order valence-corrected chi connectivity index (χ4v) is 11.0. The smallest absolute Gasteiger partial charge is 0.331 e. The summed E-state index contributed by atoms with van der Waals surface area (Å²) in [5.41, 5.74) is 28.9. The molecule has 15 atom stereocenters. The van der Waals surface area contributed by atoms with E-state index in [4.69, 9.17) is 33.4 Å². The van der Waals surface area contributed by atoms with Crippen LogP contribution < -0.4 is 76.5 Å². The highest BCUT2D eigenvalue weighted by Crippen LogP contribution is 2.24. The van der Waals surface area contributed by atoms with Gasteiger partial charge in [0.2, 0.25) is 65.0 Å². The van der Waals surface area contributed by atoms with E-state index in [1.807, 2.05) is 30.3 Å². The summed E-state index contributed by atoms with van der Waals surface area (Å²) in [5.74, 6) is -15.6. The van der Waals surface area contributed by atoms with Gasteiger partial charge in [0, 0.05) is 33.4 Å². The van der Waals surface area contributed by atoms with Crippen LogP contribution in [0.5, 0.6) is 0 Å². The third-order valence-corrected chi connectivity index (χ3v) is 16.7. The molecule has 0 fully saturated rings. The van der Waals surface area contributed by atoms with Gasteiger partial charge >= 0.3 is 5.97 Å². The number of nitrogens with one attached hydrogen (secondary N) is 9. The first kappa shape index (κ1) is 82.4. The minimum absolute atomic E-state index is 0.0247. The molecule has 2 aromatic rings. The van der Waals surface area contributed by atoms with E-state index in [1.54, 1.807) is 59.7 Å². The van der Waals surface area contributed by atoms with E-state index in [0.29, 0.717) is 11.6 Å². The van der Waals surface area contributed by atoms with Crippen LogP contribution in [0, 0.1) is 23.7 Å². The first-order chi connectivity index (χ1) is 44.3. The zero-order valence-electron chi connectivity index (χ0n) is 55.8. The van der Waals surface area contributed by atoms with Crippen LogP contribution in [-0.4, -0.2) is 203 Å². The molecular weight excluding hydrogens is 1260 g/mol. The van der Waals surface area contributed by atoms with Crippen LogP contribution in [-0.2, 0) is 68.7 Å². The lowest BCUT2D eigenvalue weighted by molar-refractivity contribution is -0.158. The van der Waals surface area contributed by atoms with Crippen LogP contribution in [0.2, 0.25) is 25.7 Å². The number of aliphatic imine (C=N–C) groups is 1. The first-order valence-electron chi connectivity index (χ1n) is 31.2. The molecular formula is C61H100N16O17Si. The molecule has 0 saturated heterocycles. The third-order valence-electron chi connectivity index (χ3n) is 15.0. The van der Waals surface area contributed by atoms with Gasteiger partial charge in [0.1, 0.15) is 42.3 Å². The van der Waals surface area contributed by atoms with Crippen molar-refractivity contribution in [3.05, 3.63) is 66.0 Å². The molecule has 1 heterocycles. The highest BCUT2D eigenvalue weighted by atomic mass is 28.3. The van der Waals surface area contributed by atoms with E-state index < -0.39 is 183 Å². The van der Waals surface area contributed by atoms with Crippen molar-refractivity contribution in [3.63, 3.8) is 0 Å². The standard InChI is InChI=1S/C61H100N16O17Si/c1-12-32(6)43(75-54(87)38(21-17-23-68-61(65)66)70-55(88)39(24-30(2)3)71-52(85)33(7)47(81)31(4)5)58(91)76-44(34(8)79)57(90)69-27-42(80)74-45(48(82)51(64)84)59(92)73-41(28-78)60(93)94-49(36-19-14-13-15-20-36)46(50(63)83)77-56(89)40(25-35-18-16-22-67-26-35)72-53(86)37(62)29-95(9,10)11/h13-16,18-20,22,26,30-34,37-41,43-49,78-79,81-82H,12,17,21,23-25,27-29,62H2,1-11H3,(H2,63,83)(H2,64,84)(H,69,90)(H,70,88)(H,71,85)(H,72,86)(H,73,92)(H,74,80)(H,75,87)(H,76,91)(H,77,89)(H4,65,66,68)/t32-,33-,34-,37+,38+,39-,40-,41-,43-,44-,45-,46-,47+,48-,49+/m0/s1. The second kappa shape index (κ2) is 39.9. The van der Waals surface area contributed by atoms with Crippen molar-refractivity contribution < 1.29 is 82.7 Å². The fraction of sp³-hybridized carbons (Fsp3) is 0.607. The highest BCUT2D eigenvalue weighted by Gasteiger charge is 2.41. The van der Waals surface area contributed by atoms with E-state index in [9.17, 15) is 78.0 Å². The van der Waals surface area contributed by atoms with Crippen LogP contribution in [0.15, 0.2) is 59.9 Å². The molecule has 34 heteroatoms. The first-order valence-corrected chi connectivity index (χ1v) is 34.9. The van der Waals surface area contributed by atoms with E-state index in [1.165, 1.54) is 43.6 Å². The maximum Gasteiger partial charge on any atom is 0.331 e. The number of aromatic nitrogens is 1. The number of hydrogen-bond donors (Lipinski definition) is 18. The second-order valence-electron chi connectivity index (χ2n) is 25.3. The van der Waals surface area contributed by atoms with Crippen molar-refractivity contribution in [1.82, 2.24) is 52.8 Å². The van der Waals surface area contributed by atoms with Crippen LogP contribution in [0.1, 0.15) is 98.3 Å². The molecule has 530 valence electrons. The Labute approximate surface area is 553 Å². The average Bonchev–Trinajstić information content (AvgIpc) is 0.855. The molecule has 0 saturated carbocycles. The van der Waals surface area contributed by atoms with Gasteiger partial charge in [0.25, 0.3) is 0 Å². The van der Waals surface area contributed by atoms with Crippen molar-refractivity contribution in [2.75, 3.05) is 19.7 Å². The number of esters is 1. The molecule has 0 unspecified atom stereocenters. The van der Waals surface area contributed by atoms with Gasteiger partial charge in [-0.05, 0) is 67.2 Å². The number of carbonyl (C=O) groups excluding carboxylic acids is 12. The van der Waals surface area contributed by atoms with Gasteiger partial charge < -0.3 is 102 Å². The van der Waals surface area contributed by atoms with Gasteiger partial charge in [0.15, 0.2) is 24.2 Å². The summed E-state index contributed by atoms with van der Waals surface area (Å²) in [6.45, 7) is 16.6. The maximum absolute atomic E-state index is 14.2. The molecule has 2 rings (SSSR count). The largest absolute Gasteiger partial charge is 0.453 e. The van der Waals surface area contributed by atoms with Crippen molar-refractivity contribution in [3.8, 4) is 0 Å². The highest BCUT2D eigenvalue weighted by molar-refractivity contribution is 6.76. The Morgan fingerprint density at radius 3 is 1.71 bits per heavy atom. The summed E-state index contributed by atoms with van der Waals surface area (Å²) in [5, 5.41) is 64.2. The molecule has 1 aromatic carbocycles. The molecule has 0 spiro atoms. The number of nitrogens with two attached hydrogens (primary N) is 5. The van der Waals surface area contributed by atoms with Crippen molar-refractivity contribution >= 4 is 85.0 Å². The summed E-state index contributed by atoms with van der Waals surface area (Å²) in [7, 11) is -1.90. The number of aliphatic hydroxyl groups is 4. The monoisotopic (exact) mass is 1360 g/mol. The summed E-state index contributed by atoms with van der Waals surface area (Å²) in [6.07, 6.45) is -3.95. The van der Waals surface area contributed by atoms with Gasteiger partial charge in [0.05, 0.1) is 37.3 Å². The molecule has 1 aromatic heterocycles. The summed E-state index contributed by atoms with van der Waals surface area (Å²) < 4.78 is 5.69. The van der Waals surface area contributed by atoms with Gasteiger partial charge in [-0.15, -0.1) is 0 Å². The minimum atomic E-state index is -2.56. The molecule has 33 nitrogen and oxygen atoms in total. The summed E-state index contributed by atoms with van der Waals surface area (Å²) >= 11 is 0. The third kappa shape index (κ3) is 28.4. The van der Waals surface area contributed by atoms with Gasteiger partial charge in [-0.3, -0.25) is 62.7 Å².